The molecule has 2 N–H and O–H groups in total. The lowest BCUT2D eigenvalue weighted by molar-refractivity contribution is -0.362. The molecule has 1 aliphatic carbocycles. The van der Waals surface area contributed by atoms with Crippen LogP contribution < -0.4 is 0 Å². The lowest BCUT2D eigenvalue weighted by Crippen LogP contribution is -2.75. The second kappa shape index (κ2) is 16.0. The molecule has 0 unspecified atom stereocenters. The maximum Gasteiger partial charge on any atom is 0.215 e. The number of hydrogen-bond donors (Lipinski definition) is 2. The van der Waals surface area contributed by atoms with Crippen molar-refractivity contribution >= 4 is 8.32 Å². The van der Waals surface area contributed by atoms with E-state index < -0.39 is 44.6 Å². The molecule has 7 nitrogen and oxygen atoms in total. The first-order valence-electron chi connectivity index (χ1n) is 16.7. The van der Waals surface area contributed by atoms with E-state index in [-0.39, 0.29) is 31.5 Å². The van der Waals surface area contributed by atoms with Gasteiger partial charge in [-0.25, -0.2) is 0 Å². The van der Waals surface area contributed by atoms with E-state index in [1.165, 1.54) is 0 Å². The summed E-state index contributed by atoms with van der Waals surface area (Å²) in [7, 11) is -2.72. The Bertz CT molecular complexity index is 1520. The lowest BCUT2D eigenvalue weighted by Gasteiger charge is -2.55. The maximum atomic E-state index is 12.8. The van der Waals surface area contributed by atoms with Crippen LogP contribution in [0.15, 0.2) is 121 Å². The fraction of sp³-hybridized carbons (Fsp3) is 0.400. The number of aliphatic hydroxyl groups is 2. The molecule has 0 aliphatic heterocycles. The monoisotopic (exact) mass is 670 g/mol. The molecule has 1 aliphatic rings. The average Bonchev–Trinajstić information content (AvgIpc) is 3.08. The molecular formula is C40H50O7Si. The van der Waals surface area contributed by atoms with E-state index in [1.54, 1.807) is 0 Å². The number of benzene rings is 4. The fourth-order valence-electron chi connectivity index (χ4n) is 5.69. The summed E-state index contributed by atoms with van der Waals surface area (Å²) in [6.07, 6.45) is -5.43. The molecule has 1 fully saturated rings. The SMILES string of the molecule is CC(C)(C)[Si](C)(C)O[C@@]1(O)[C@H](OCc2ccccc2)[C@@H](OCc2ccccc2)[C@H](OCc2ccccc2)[C@@H](OCc2ccccc2)[C@@H]1O. The van der Waals surface area contributed by atoms with Gasteiger partial charge in [-0.15, -0.1) is 0 Å². The van der Waals surface area contributed by atoms with Gasteiger partial charge >= 0.3 is 0 Å². The molecule has 256 valence electrons. The zero-order valence-corrected chi connectivity index (χ0v) is 29.7. The number of hydrogen-bond acceptors (Lipinski definition) is 7. The normalized spacial score (nSPS) is 24.8. The first-order valence-corrected chi connectivity index (χ1v) is 19.6. The van der Waals surface area contributed by atoms with Gasteiger partial charge in [-0.2, -0.15) is 0 Å². The van der Waals surface area contributed by atoms with Crippen LogP contribution in [-0.2, 0) is 49.8 Å². The molecule has 0 heterocycles. The van der Waals surface area contributed by atoms with Crippen molar-refractivity contribution in [3.63, 3.8) is 0 Å². The Morgan fingerprint density at radius 2 is 0.875 bits per heavy atom. The lowest BCUT2D eigenvalue weighted by atomic mass is 9.81. The summed E-state index contributed by atoms with van der Waals surface area (Å²) in [6.45, 7) is 11.2. The Morgan fingerprint density at radius 3 is 1.25 bits per heavy atom. The molecule has 0 saturated heterocycles. The van der Waals surface area contributed by atoms with E-state index in [9.17, 15) is 10.2 Å². The highest BCUT2D eigenvalue weighted by atomic mass is 28.4. The second-order valence-electron chi connectivity index (χ2n) is 14.1. The topological polar surface area (TPSA) is 86.6 Å². The summed E-state index contributed by atoms with van der Waals surface area (Å²) in [4.78, 5) is 0. The van der Waals surface area contributed by atoms with E-state index in [2.05, 4.69) is 20.8 Å². The molecule has 0 bridgehead atoms. The van der Waals surface area contributed by atoms with Gasteiger partial charge in [0.1, 0.15) is 30.5 Å². The van der Waals surface area contributed by atoms with Crippen molar-refractivity contribution in [1.29, 1.82) is 0 Å². The minimum atomic E-state index is -2.72. The number of ether oxygens (including phenoxy) is 4. The van der Waals surface area contributed by atoms with E-state index in [1.807, 2.05) is 134 Å². The van der Waals surface area contributed by atoms with Gasteiger partial charge in [0.05, 0.1) is 26.4 Å². The Morgan fingerprint density at radius 1 is 0.542 bits per heavy atom. The minimum absolute atomic E-state index is 0.160. The molecule has 4 aromatic rings. The molecular weight excluding hydrogens is 621 g/mol. The van der Waals surface area contributed by atoms with Crippen LogP contribution in [0.25, 0.3) is 0 Å². The van der Waals surface area contributed by atoms with Gasteiger partial charge in [0.25, 0.3) is 0 Å². The minimum Gasteiger partial charge on any atom is -0.386 e. The maximum absolute atomic E-state index is 12.8. The largest absolute Gasteiger partial charge is 0.386 e. The van der Waals surface area contributed by atoms with Crippen molar-refractivity contribution in [3.8, 4) is 0 Å². The highest BCUT2D eigenvalue weighted by molar-refractivity contribution is 6.74. The van der Waals surface area contributed by atoms with Gasteiger partial charge in [-0.3, -0.25) is 0 Å². The summed E-state index contributed by atoms with van der Waals surface area (Å²) in [5.74, 6) is -2.19. The molecule has 6 atom stereocenters. The van der Waals surface area contributed by atoms with E-state index in [0.717, 1.165) is 22.3 Å². The quantitative estimate of drug-likeness (QED) is 0.107. The molecule has 5 rings (SSSR count). The summed E-state index contributed by atoms with van der Waals surface area (Å²) in [6, 6.07) is 39.2. The second-order valence-corrected chi connectivity index (χ2v) is 18.8. The van der Waals surface area contributed by atoms with Crippen LogP contribution in [0.3, 0.4) is 0 Å². The molecule has 8 heteroatoms. The van der Waals surface area contributed by atoms with Crippen molar-refractivity contribution in [2.75, 3.05) is 0 Å². The van der Waals surface area contributed by atoms with Gasteiger partial charge in [0, 0.05) is 0 Å². The summed E-state index contributed by atoms with van der Waals surface area (Å²) >= 11 is 0. The van der Waals surface area contributed by atoms with Crippen LogP contribution in [0.4, 0.5) is 0 Å². The van der Waals surface area contributed by atoms with Crippen LogP contribution >= 0.6 is 0 Å². The molecule has 0 spiro atoms. The molecule has 48 heavy (non-hydrogen) atoms. The molecule has 0 radical (unpaired) electrons. The third-order valence-corrected chi connectivity index (χ3v) is 13.9. The van der Waals surface area contributed by atoms with Gasteiger partial charge in [-0.05, 0) is 40.4 Å². The summed E-state index contributed by atoms with van der Waals surface area (Å²) in [5.41, 5.74) is 3.73. The predicted octanol–water partition coefficient (Wildman–Crippen LogP) is 7.41. The standard InChI is InChI=1S/C40H50O7Si/c1-39(2,3)48(4,5)47-40(42)37(41)35(44-27-31-20-12-7-13-21-31)34(43-26-30-18-10-6-11-19-30)36(45-28-32-22-14-8-15-23-32)38(40)46-29-33-24-16-9-17-25-33/h6-25,34-38,41-42H,26-29H2,1-5H3/t34-,35-,36+,37+,38-,40-/m1/s1. The van der Waals surface area contributed by atoms with Crippen LogP contribution in [0.5, 0.6) is 0 Å². The van der Waals surface area contributed by atoms with Gasteiger partial charge in [0.15, 0.2) is 8.32 Å². The first-order chi connectivity index (χ1) is 23.0. The number of rotatable bonds is 14. The van der Waals surface area contributed by atoms with E-state index >= 15 is 0 Å². The van der Waals surface area contributed by atoms with Gasteiger partial charge < -0.3 is 33.6 Å². The van der Waals surface area contributed by atoms with Crippen LogP contribution in [0, 0.1) is 0 Å². The fourth-order valence-corrected chi connectivity index (χ4v) is 7.05. The third-order valence-electron chi connectivity index (χ3n) is 9.44. The van der Waals surface area contributed by atoms with Crippen LogP contribution in [0.1, 0.15) is 43.0 Å². The Labute approximate surface area is 286 Å². The summed E-state index contributed by atoms with van der Waals surface area (Å²) < 4.78 is 33.4. The zero-order chi connectivity index (χ0) is 34.2. The third kappa shape index (κ3) is 8.88. The highest BCUT2D eigenvalue weighted by Gasteiger charge is 2.64. The Hall–Kier alpha value is -3.18. The van der Waals surface area contributed by atoms with Crippen molar-refractivity contribution in [1.82, 2.24) is 0 Å². The molecule has 1 saturated carbocycles. The Balaban J connectivity index is 1.59. The van der Waals surface area contributed by atoms with Crippen molar-refractivity contribution in [2.45, 2.75) is 102 Å². The van der Waals surface area contributed by atoms with Gasteiger partial charge in [0.2, 0.25) is 5.79 Å². The smallest absolute Gasteiger partial charge is 0.215 e. The Kier molecular flexibility index (Phi) is 12.0. The highest BCUT2D eigenvalue weighted by Crippen LogP contribution is 2.45. The van der Waals surface area contributed by atoms with Crippen molar-refractivity contribution in [2.24, 2.45) is 0 Å². The predicted molar refractivity (Wildman–Crippen MR) is 189 cm³/mol. The van der Waals surface area contributed by atoms with Crippen LogP contribution in [0.2, 0.25) is 18.1 Å². The van der Waals surface area contributed by atoms with Crippen molar-refractivity contribution < 1.29 is 33.6 Å². The summed E-state index contributed by atoms with van der Waals surface area (Å²) in [5, 5.41) is 24.9. The number of aliphatic hydroxyl groups excluding tert-OH is 1. The molecule has 0 aromatic heterocycles. The van der Waals surface area contributed by atoms with Crippen LogP contribution in [-0.4, -0.2) is 54.8 Å². The van der Waals surface area contributed by atoms with E-state index in [4.69, 9.17) is 23.4 Å². The molecule has 0 amide bonds. The van der Waals surface area contributed by atoms with Crippen molar-refractivity contribution in [3.05, 3.63) is 144 Å². The zero-order valence-electron chi connectivity index (χ0n) is 28.7. The first kappa shape index (κ1) is 36.1. The van der Waals surface area contributed by atoms with Gasteiger partial charge in [-0.1, -0.05) is 142 Å². The molecule has 4 aromatic carbocycles. The average molecular weight is 671 g/mol. The van der Waals surface area contributed by atoms with E-state index in [0.29, 0.717) is 0 Å².